The van der Waals surface area contributed by atoms with Gasteiger partial charge in [-0.1, -0.05) is 60.7 Å². The number of nitrogens with zero attached hydrogens (tertiary/aromatic N) is 2. The average Bonchev–Trinajstić information content (AvgIpc) is 3.23. The number of fused-ring (bicyclic) bond motifs is 1. The minimum Gasteiger partial charge on any atom is -0.469 e. The van der Waals surface area contributed by atoms with E-state index in [-0.39, 0.29) is 17.8 Å². The van der Waals surface area contributed by atoms with Crippen molar-refractivity contribution in [2.45, 2.75) is 19.4 Å². The number of Topliss-reactive ketones (excluding diaryl/α,β-unsaturated/α-hetero) is 1. The smallest absolute Gasteiger partial charge is 0.308 e. The first-order chi connectivity index (χ1) is 15.0. The highest BCUT2D eigenvalue weighted by Gasteiger charge is 2.29. The Labute approximate surface area is 182 Å². The van der Waals surface area contributed by atoms with Gasteiger partial charge in [-0.25, -0.2) is 4.98 Å². The van der Waals surface area contributed by atoms with Gasteiger partial charge in [-0.3, -0.25) is 19.0 Å². The Morgan fingerprint density at radius 3 is 2.35 bits per heavy atom. The first-order valence-electron chi connectivity index (χ1n) is 9.73. The maximum atomic E-state index is 13.5. The number of carbonyl (C=O) groups is 2. The number of ketones is 1. The zero-order valence-corrected chi connectivity index (χ0v) is 17.9. The molecule has 0 saturated carbocycles. The summed E-state index contributed by atoms with van der Waals surface area (Å²) >= 11 is 1.42. The molecule has 1 atom stereocenters. The number of hydrogen-bond donors (Lipinski definition) is 0. The fourth-order valence-corrected chi connectivity index (χ4v) is 4.62. The molecule has 0 radical (unpaired) electrons. The summed E-state index contributed by atoms with van der Waals surface area (Å²) in [5, 5.41) is 0.421. The third-order valence-electron chi connectivity index (χ3n) is 5.09. The van der Waals surface area contributed by atoms with E-state index < -0.39 is 12.0 Å². The molecule has 0 bridgehead atoms. The summed E-state index contributed by atoms with van der Waals surface area (Å²) in [4.78, 5) is 44.9. The van der Waals surface area contributed by atoms with Crippen molar-refractivity contribution in [2.75, 3.05) is 7.11 Å². The summed E-state index contributed by atoms with van der Waals surface area (Å²) in [6, 6.07) is 19.1. The molecule has 156 valence electrons. The average molecular weight is 433 g/mol. The Bertz CT molecular complexity index is 1310. The van der Waals surface area contributed by atoms with Crippen LogP contribution in [0.2, 0.25) is 0 Å². The Hall–Kier alpha value is -3.58. The summed E-state index contributed by atoms with van der Waals surface area (Å²) in [6.45, 7) is 1.67. The van der Waals surface area contributed by atoms with E-state index in [2.05, 4.69) is 4.98 Å². The molecule has 2 aromatic heterocycles. The van der Waals surface area contributed by atoms with Gasteiger partial charge >= 0.3 is 5.97 Å². The van der Waals surface area contributed by atoms with E-state index in [9.17, 15) is 14.4 Å². The number of ether oxygens (including phenoxy) is 1. The van der Waals surface area contributed by atoms with Crippen LogP contribution in [0, 0.1) is 6.92 Å². The lowest BCUT2D eigenvalue weighted by molar-refractivity contribution is -0.141. The van der Waals surface area contributed by atoms with Gasteiger partial charge in [0.25, 0.3) is 5.56 Å². The van der Waals surface area contributed by atoms with Crippen LogP contribution in [0.25, 0.3) is 20.7 Å². The van der Waals surface area contributed by atoms with Crippen LogP contribution in [0.4, 0.5) is 0 Å². The minimum atomic E-state index is -1.04. The van der Waals surface area contributed by atoms with Crippen LogP contribution < -0.4 is 5.56 Å². The highest BCUT2D eigenvalue weighted by Crippen LogP contribution is 2.31. The third-order valence-corrected chi connectivity index (χ3v) is 6.17. The van der Waals surface area contributed by atoms with Gasteiger partial charge in [0.1, 0.15) is 16.7 Å². The molecule has 4 aromatic rings. The molecule has 2 aromatic carbocycles. The molecule has 0 saturated heterocycles. The van der Waals surface area contributed by atoms with Crippen molar-refractivity contribution in [1.82, 2.24) is 9.55 Å². The molecule has 0 aliphatic carbocycles. The van der Waals surface area contributed by atoms with Crippen molar-refractivity contribution < 1.29 is 14.3 Å². The number of aromatic nitrogens is 2. The number of benzene rings is 2. The Kier molecular flexibility index (Phi) is 5.77. The van der Waals surface area contributed by atoms with Crippen molar-refractivity contribution in [3.05, 3.63) is 88.5 Å². The number of esters is 1. The second kappa shape index (κ2) is 8.65. The minimum absolute atomic E-state index is 0.256. The molecule has 2 heterocycles. The molecule has 1 unspecified atom stereocenters. The van der Waals surface area contributed by atoms with Crippen molar-refractivity contribution in [3.8, 4) is 10.4 Å². The highest BCUT2D eigenvalue weighted by molar-refractivity contribution is 7.21. The quantitative estimate of drug-likeness (QED) is 0.333. The van der Waals surface area contributed by atoms with Crippen LogP contribution in [-0.2, 0) is 9.53 Å². The van der Waals surface area contributed by atoms with Gasteiger partial charge in [-0.15, -0.1) is 11.3 Å². The van der Waals surface area contributed by atoms with Crippen molar-refractivity contribution in [2.24, 2.45) is 0 Å². The molecule has 0 aliphatic heterocycles. The van der Waals surface area contributed by atoms with Crippen LogP contribution in [0.3, 0.4) is 0 Å². The van der Waals surface area contributed by atoms with Gasteiger partial charge in [-0.05, 0) is 18.6 Å². The predicted molar refractivity (Wildman–Crippen MR) is 120 cm³/mol. The van der Waals surface area contributed by atoms with E-state index in [0.29, 0.717) is 21.6 Å². The van der Waals surface area contributed by atoms with Gasteiger partial charge in [0.2, 0.25) is 0 Å². The van der Waals surface area contributed by atoms with Crippen LogP contribution >= 0.6 is 11.3 Å². The van der Waals surface area contributed by atoms with E-state index in [4.69, 9.17) is 4.74 Å². The number of hydrogen-bond acceptors (Lipinski definition) is 6. The molecule has 0 N–H and O–H groups in total. The summed E-state index contributed by atoms with van der Waals surface area (Å²) in [7, 11) is 1.26. The SMILES string of the molecule is COC(=O)CC(C(=O)c1ccccc1)n1c(C)nc2sc(-c3ccccc3)cc2c1=O. The largest absolute Gasteiger partial charge is 0.469 e. The van der Waals surface area contributed by atoms with E-state index in [1.54, 1.807) is 43.3 Å². The van der Waals surface area contributed by atoms with E-state index in [1.165, 1.54) is 23.0 Å². The highest BCUT2D eigenvalue weighted by atomic mass is 32.1. The Balaban J connectivity index is 1.87. The second-order valence-electron chi connectivity index (χ2n) is 7.06. The van der Waals surface area contributed by atoms with Crippen LogP contribution in [-0.4, -0.2) is 28.4 Å². The maximum Gasteiger partial charge on any atom is 0.308 e. The molecule has 0 fully saturated rings. The van der Waals surface area contributed by atoms with Crippen LogP contribution in [0.15, 0.2) is 71.5 Å². The fraction of sp³-hybridized carbons (Fsp3) is 0.167. The fourth-order valence-electron chi connectivity index (χ4n) is 3.54. The van der Waals surface area contributed by atoms with E-state index >= 15 is 0 Å². The van der Waals surface area contributed by atoms with Gasteiger partial charge < -0.3 is 4.74 Å². The van der Waals surface area contributed by atoms with Crippen molar-refractivity contribution in [3.63, 3.8) is 0 Å². The molecular weight excluding hydrogens is 412 g/mol. The Morgan fingerprint density at radius 1 is 1.06 bits per heavy atom. The summed E-state index contributed by atoms with van der Waals surface area (Å²) in [5.41, 5.74) is 1.05. The van der Waals surface area contributed by atoms with Crippen LogP contribution in [0.1, 0.15) is 28.6 Å². The molecule has 31 heavy (non-hydrogen) atoms. The number of methoxy groups -OCH3 is 1. The molecule has 0 spiro atoms. The Morgan fingerprint density at radius 2 is 1.71 bits per heavy atom. The number of rotatable bonds is 6. The van der Waals surface area contributed by atoms with Gasteiger partial charge in [0.05, 0.1) is 18.9 Å². The third kappa shape index (κ3) is 4.04. The van der Waals surface area contributed by atoms with E-state index in [1.807, 2.05) is 30.3 Å². The first kappa shape index (κ1) is 20.7. The number of aryl methyl sites for hydroxylation is 1. The van der Waals surface area contributed by atoms with Crippen molar-refractivity contribution in [1.29, 1.82) is 0 Å². The molecule has 0 aliphatic rings. The second-order valence-corrected chi connectivity index (χ2v) is 8.09. The normalized spacial score (nSPS) is 11.9. The molecule has 6 nitrogen and oxygen atoms in total. The molecule has 7 heteroatoms. The molecular formula is C24H20N2O4S. The lowest BCUT2D eigenvalue weighted by Gasteiger charge is -2.20. The molecule has 0 amide bonds. The number of thiophene rings is 1. The first-order valence-corrected chi connectivity index (χ1v) is 10.6. The summed E-state index contributed by atoms with van der Waals surface area (Å²) < 4.78 is 6.11. The topological polar surface area (TPSA) is 78.3 Å². The van der Waals surface area contributed by atoms with E-state index in [0.717, 1.165) is 10.4 Å². The standard InChI is InChI=1S/C24H20N2O4S/c1-15-25-23-18(13-20(31-23)16-9-5-3-6-10-16)24(29)26(15)19(14-21(27)30-2)22(28)17-11-7-4-8-12-17/h3-13,19H,14H2,1-2H3. The van der Waals surface area contributed by atoms with Gasteiger partial charge in [-0.2, -0.15) is 0 Å². The van der Waals surface area contributed by atoms with Gasteiger partial charge in [0, 0.05) is 10.4 Å². The maximum absolute atomic E-state index is 13.5. The monoisotopic (exact) mass is 432 g/mol. The summed E-state index contributed by atoms with van der Waals surface area (Å²) in [6.07, 6.45) is -0.256. The van der Waals surface area contributed by atoms with Gasteiger partial charge in [0.15, 0.2) is 5.78 Å². The lowest BCUT2D eigenvalue weighted by atomic mass is 10.0. The molecule has 4 rings (SSSR count). The van der Waals surface area contributed by atoms with Crippen LogP contribution in [0.5, 0.6) is 0 Å². The zero-order valence-electron chi connectivity index (χ0n) is 17.1. The predicted octanol–water partition coefficient (Wildman–Crippen LogP) is 4.42. The zero-order chi connectivity index (χ0) is 22.0. The lowest BCUT2D eigenvalue weighted by Crippen LogP contribution is -2.34. The van der Waals surface area contributed by atoms with Crippen molar-refractivity contribution >= 4 is 33.3 Å². The number of carbonyl (C=O) groups excluding carboxylic acids is 2. The summed E-state index contributed by atoms with van der Waals surface area (Å²) in [5.74, 6) is -0.538.